The van der Waals surface area contributed by atoms with E-state index in [1.807, 2.05) is 30.3 Å². The molecule has 0 saturated carbocycles. The van der Waals surface area contributed by atoms with Crippen molar-refractivity contribution >= 4 is 23.1 Å². The fourth-order valence-electron chi connectivity index (χ4n) is 2.82. The van der Waals surface area contributed by atoms with Crippen LogP contribution in [-0.2, 0) is 6.42 Å². The molecule has 0 aliphatic rings. The summed E-state index contributed by atoms with van der Waals surface area (Å²) in [6.07, 6.45) is 1.83. The highest BCUT2D eigenvalue weighted by molar-refractivity contribution is 7.78. The number of hydrogen-bond donors (Lipinski definition) is 0. The standard InChI is InChI=1S/C24H17F2NS/c1-2-3-18-7-11-20(22(25)14-18)10-6-17-4-8-19(9-5-17)21-12-13-24(27-16-28)23(26)15-21/h4-5,7-9,11-15H,2-3H2,1H3. The minimum absolute atomic E-state index is 0.160. The highest BCUT2D eigenvalue weighted by Gasteiger charge is 2.05. The molecule has 0 amide bonds. The summed E-state index contributed by atoms with van der Waals surface area (Å²) in [5, 5.41) is 2.16. The summed E-state index contributed by atoms with van der Waals surface area (Å²) < 4.78 is 28.1. The normalized spacial score (nSPS) is 9.96. The van der Waals surface area contributed by atoms with Gasteiger partial charge < -0.3 is 0 Å². The van der Waals surface area contributed by atoms with Crippen molar-refractivity contribution in [2.45, 2.75) is 19.8 Å². The molecule has 4 heteroatoms. The first-order chi connectivity index (χ1) is 13.6. The maximum absolute atomic E-state index is 14.1. The molecule has 0 bridgehead atoms. The van der Waals surface area contributed by atoms with Gasteiger partial charge in [0, 0.05) is 5.56 Å². The van der Waals surface area contributed by atoms with Gasteiger partial charge in [0.05, 0.1) is 10.7 Å². The fourth-order valence-corrected chi connectivity index (χ4v) is 2.91. The quantitative estimate of drug-likeness (QED) is 0.274. The van der Waals surface area contributed by atoms with E-state index in [0.29, 0.717) is 5.56 Å². The molecular formula is C24H17F2NS. The van der Waals surface area contributed by atoms with Crippen molar-refractivity contribution in [1.82, 2.24) is 0 Å². The SMILES string of the molecule is CCCc1ccc(C#Cc2ccc(-c3ccc(N=C=S)c(F)c3)cc2)c(F)c1. The number of hydrogen-bond acceptors (Lipinski definition) is 2. The smallest absolute Gasteiger partial charge is 0.150 e. The lowest BCUT2D eigenvalue weighted by Crippen LogP contribution is -1.89. The third kappa shape index (κ3) is 4.78. The van der Waals surface area contributed by atoms with Crippen LogP contribution < -0.4 is 0 Å². The number of benzene rings is 3. The van der Waals surface area contributed by atoms with E-state index in [1.165, 1.54) is 6.07 Å². The van der Waals surface area contributed by atoms with Gasteiger partial charge >= 0.3 is 0 Å². The summed E-state index contributed by atoms with van der Waals surface area (Å²) in [6.45, 7) is 2.06. The Morgan fingerprint density at radius 1 is 0.857 bits per heavy atom. The summed E-state index contributed by atoms with van der Waals surface area (Å²) in [7, 11) is 0. The Labute approximate surface area is 168 Å². The molecule has 0 radical (unpaired) electrons. The number of aryl methyl sites for hydroxylation is 1. The van der Waals surface area contributed by atoms with Crippen molar-refractivity contribution in [3.05, 3.63) is 89.0 Å². The van der Waals surface area contributed by atoms with Crippen molar-refractivity contribution in [3.8, 4) is 23.0 Å². The van der Waals surface area contributed by atoms with E-state index in [9.17, 15) is 8.78 Å². The number of nitrogens with zero attached hydrogens (tertiary/aromatic N) is 1. The first-order valence-corrected chi connectivity index (χ1v) is 9.30. The lowest BCUT2D eigenvalue weighted by atomic mass is 10.0. The molecule has 0 atom stereocenters. The Morgan fingerprint density at radius 2 is 1.61 bits per heavy atom. The average Bonchev–Trinajstić information content (AvgIpc) is 2.70. The van der Waals surface area contributed by atoms with Crippen molar-refractivity contribution in [3.63, 3.8) is 0 Å². The van der Waals surface area contributed by atoms with E-state index >= 15 is 0 Å². The first-order valence-electron chi connectivity index (χ1n) is 8.89. The van der Waals surface area contributed by atoms with Gasteiger partial charge in [0.2, 0.25) is 0 Å². The second-order valence-electron chi connectivity index (χ2n) is 6.26. The van der Waals surface area contributed by atoms with Crippen LogP contribution in [-0.4, -0.2) is 5.16 Å². The number of halogens is 2. The maximum Gasteiger partial charge on any atom is 0.150 e. The van der Waals surface area contributed by atoms with Gasteiger partial charge in [-0.2, -0.15) is 4.99 Å². The molecule has 0 N–H and O–H groups in total. The van der Waals surface area contributed by atoms with Crippen LogP contribution in [0.25, 0.3) is 11.1 Å². The Balaban J connectivity index is 1.80. The molecule has 0 spiro atoms. The molecular weight excluding hydrogens is 372 g/mol. The molecule has 0 aliphatic carbocycles. The Morgan fingerprint density at radius 3 is 2.25 bits per heavy atom. The van der Waals surface area contributed by atoms with Crippen LogP contribution >= 0.6 is 12.2 Å². The largest absolute Gasteiger partial charge is 0.206 e. The van der Waals surface area contributed by atoms with E-state index in [-0.39, 0.29) is 11.5 Å². The second-order valence-corrected chi connectivity index (χ2v) is 6.44. The van der Waals surface area contributed by atoms with Gasteiger partial charge in [-0.1, -0.05) is 49.5 Å². The zero-order chi connectivity index (χ0) is 19.9. The van der Waals surface area contributed by atoms with Gasteiger partial charge in [-0.05, 0) is 71.7 Å². The van der Waals surface area contributed by atoms with Crippen molar-refractivity contribution in [2.24, 2.45) is 4.99 Å². The van der Waals surface area contributed by atoms with Crippen LogP contribution in [0.4, 0.5) is 14.5 Å². The van der Waals surface area contributed by atoms with E-state index in [1.54, 1.807) is 24.3 Å². The first kappa shape index (κ1) is 19.6. The van der Waals surface area contributed by atoms with Crippen LogP contribution in [0.3, 0.4) is 0 Å². The topological polar surface area (TPSA) is 12.4 Å². The zero-order valence-electron chi connectivity index (χ0n) is 15.3. The molecule has 3 rings (SSSR count). The number of thiocarbonyl (C=S) groups is 1. The highest BCUT2D eigenvalue weighted by atomic mass is 32.1. The third-order valence-electron chi connectivity index (χ3n) is 4.25. The number of aliphatic imine (C=N–C) groups is 1. The summed E-state index contributed by atoms with van der Waals surface area (Å²) in [4.78, 5) is 3.67. The molecule has 3 aromatic carbocycles. The average molecular weight is 389 g/mol. The summed E-state index contributed by atoms with van der Waals surface area (Å²) in [5.74, 6) is 5.09. The van der Waals surface area contributed by atoms with Crippen molar-refractivity contribution in [1.29, 1.82) is 0 Å². The predicted octanol–water partition coefficient (Wildman–Crippen LogP) is 6.72. The minimum Gasteiger partial charge on any atom is -0.206 e. The van der Waals surface area contributed by atoms with Crippen LogP contribution in [0.5, 0.6) is 0 Å². The fraction of sp³-hybridized carbons (Fsp3) is 0.125. The molecule has 0 heterocycles. The molecule has 28 heavy (non-hydrogen) atoms. The Bertz CT molecular complexity index is 1100. The van der Waals surface area contributed by atoms with E-state index in [2.05, 4.69) is 41.1 Å². The summed E-state index contributed by atoms with van der Waals surface area (Å²) in [6, 6.07) is 17.2. The van der Waals surface area contributed by atoms with Crippen molar-refractivity contribution < 1.29 is 8.78 Å². The lowest BCUT2D eigenvalue weighted by Gasteiger charge is -2.03. The van der Waals surface area contributed by atoms with Gasteiger partial charge in [-0.3, -0.25) is 0 Å². The molecule has 1 nitrogen and oxygen atoms in total. The summed E-state index contributed by atoms with van der Waals surface area (Å²) >= 11 is 4.50. The highest BCUT2D eigenvalue weighted by Crippen LogP contribution is 2.26. The summed E-state index contributed by atoms with van der Waals surface area (Å²) in [5.41, 5.74) is 3.83. The third-order valence-corrected chi connectivity index (χ3v) is 4.34. The molecule has 138 valence electrons. The Kier molecular flexibility index (Phi) is 6.45. The monoisotopic (exact) mass is 389 g/mol. The minimum atomic E-state index is -0.458. The van der Waals surface area contributed by atoms with Gasteiger partial charge in [-0.25, -0.2) is 8.78 Å². The van der Waals surface area contributed by atoms with Gasteiger partial charge in [0.25, 0.3) is 0 Å². The molecule has 0 aromatic heterocycles. The second kappa shape index (κ2) is 9.19. The van der Waals surface area contributed by atoms with Crippen LogP contribution in [0.2, 0.25) is 0 Å². The number of rotatable bonds is 4. The molecule has 0 fully saturated rings. The maximum atomic E-state index is 14.1. The predicted molar refractivity (Wildman–Crippen MR) is 113 cm³/mol. The van der Waals surface area contributed by atoms with E-state index < -0.39 is 5.82 Å². The van der Waals surface area contributed by atoms with Crippen LogP contribution in [0.15, 0.2) is 65.7 Å². The molecule has 0 aliphatic heterocycles. The van der Waals surface area contributed by atoms with Crippen molar-refractivity contribution in [2.75, 3.05) is 0 Å². The van der Waals surface area contributed by atoms with E-state index in [0.717, 1.165) is 35.1 Å². The van der Waals surface area contributed by atoms with Gasteiger partial charge in [-0.15, -0.1) is 0 Å². The van der Waals surface area contributed by atoms with Gasteiger partial charge in [0.1, 0.15) is 17.3 Å². The lowest BCUT2D eigenvalue weighted by molar-refractivity contribution is 0.621. The molecule has 0 saturated heterocycles. The van der Waals surface area contributed by atoms with Crippen LogP contribution in [0, 0.1) is 23.5 Å². The van der Waals surface area contributed by atoms with Gasteiger partial charge in [0.15, 0.2) is 0 Å². The zero-order valence-corrected chi connectivity index (χ0v) is 16.1. The molecule has 0 unspecified atom stereocenters. The van der Waals surface area contributed by atoms with Crippen LogP contribution in [0.1, 0.15) is 30.0 Å². The molecule has 3 aromatic rings. The van der Waals surface area contributed by atoms with E-state index in [4.69, 9.17) is 0 Å². The Hall–Kier alpha value is -3.12. The number of isothiocyanates is 1.